The van der Waals surface area contributed by atoms with Gasteiger partial charge in [0.1, 0.15) is 24.2 Å². The first kappa shape index (κ1) is 43.9. The van der Waals surface area contributed by atoms with Crippen LogP contribution >= 0.6 is 0 Å². The molecule has 54 heavy (non-hydrogen) atoms. The molecule has 14 nitrogen and oxygen atoms in total. The number of rotatable bonds is 17. The SMILES string of the molecule is CCCCC(NC(=O)[C@@H]1CC(C)(C)CN1C(=O)[C@@H](NC(=O)O[C@@H](C)C(C)C)C1CCCCC1)C(=O)C(=O)NCC(=O)N[C@H](C(=O)N(C)C)c1ccccc1. The van der Waals surface area contributed by atoms with E-state index in [2.05, 4.69) is 21.3 Å². The molecule has 0 aromatic heterocycles. The third-order valence-electron chi connectivity index (χ3n) is 10.4. The molecule has 3 rings (SSSR count). The van der Waals surface area contributed by atoms with Gasteiger partial charge < -0.3 is 35.8 Å². The number of likely N-dealkylation sites (N-methyl/N-ethyl adjacent to an activating group) is 1. The van der Waals surface area contributed by atoms with Gasteiger partial charge in [-0.1, -0.05) is 97.1 Å². The monoisotopic (exact) mass is 754 g/mol. The number of nitrogens with one attached hydrogen (secondary N) is 4. The predicted molar refractivity (Wildman–Crippen MR) is 204 cm³/mol. The van der Waals surface area contributed by atoms with Crippen molar-refractivity contribution < 1.29 is 38.3 Å². The molecule has 1 aromatic carbocycles. The standard InChI is InChI=1S/C40H62N6O8/c1-9-10-21-29(34(48)36(50)41-23-31(47)43-32(37(51)45(7)8)27-17-13-11-14-18-27)42-35(49)30-22-40(5,6)24-46(30)38(52)33(28-19-15-12-16-20-28)44-39(53)54-26(4)25(2)3/h11,13-14,17-18,25-26,28-30,32-33H,9-10,12,15-16,19-24H2,1-8H3,(H,41,50)(H,42,49)(H,43,47)(H,44,53)/t26-,29?,30-,32-,33-/m0/s1. The lowest BCUT2D eigenvalue weighted by Gasteiger charge is -2.35. The van der Waals surface area contributed by atoms with Gasteiger partial charge in [0.2, 0.25) is 29.4 Å². The molecule has 1 aliphatic carbocycles. The van der Waals surface area contributed by atoms with Gasteiger partial charge in [-0.3, -0.25) is 28.8 Å². The van der Waals surface area contributed by atoms with Crippen molar-refractivity contribution >= 4 is 41.4 Å². The van der Waals surface area contributed by atoms with E-state index in [1.54, 1.807) is 51.4 Å². The Morgan fingerprint density at radius 1 is 0.926 bits per heavy atom. The second-order valence-electron chi connectivity index (χ2n) is 16.1. The highest BCUT2D eigenvalue weighted by Crippen LogP contribution is 2.36. The highest BCUT2D eigenvalue weighted by Gasteiger charge is 2.47. The minimum atomic E-state index is -1.20. The minimum absolute atomic E-state index is 0.0837. The smallest absolute Gasteiger partial charge is 0.408 e. The lowest BCUT2D eigenvalue weighted by Crippen LogP contribution is -2.58. The van der Waals surface area contributed by atoms with E-state index in [9.17, 15) is 33.6 Å². The van der Waals surface area contributed by atoms with E-state index in [-0.39, 0.29) is 42.7 Å². The molecular formula is C40H62N6O8. The molecule has 0 spiro atoms. The van der Waals surface area contributed by atoms with Gasteiger partial charge in [0, 0.05) is 20.6 Å². The van der Waals surface area contributed by atoms with Gasteiger partial charge in [0.25, 0.3) is 5.91 Å². The van der Waals surface area contributed by atoms with Crippen LogP contribution in [0.3, 0.4) is 0 Å². The molecule has 5 atom stereocenters. The average molecular weight is 755 g/mol. The summed E-state index contributed by atoms with van der Waals surface area (Å²) in [5.41, 5.74) is 0.110. The van der Waals surface area contributed by atoms with Gasteiger partial charge in [-0.15, -0.1) is 0 Å². The second kappa shape index (κ2) is 20.3. The number of Topliss-reactive ketones (excluding diaryl/α,β-unsaturated/α-hetero) is 1. The van der Waals surface area contributed by atoms with E-state index in [4.69, 9.17) is 4.74 Å². The topological polar surface area (TPSA) is 183 Å². The van der Waals surface area contributed by atoms with Crippen molar-refractivity contribution in [2.24, 2.45) is 17.3 Å². The van der Waals surface area contributed by atoms with Gasteiger partial charge in [-0.05, 0) is 55.4 Å². The maximum Gasteiger partial charge on any atom is 0.408 e. The van der Waals surface area contributed by atoms with E-state index >= 15 is 0 Å². The number of alkyl carbamates (subject to hydrolysis) is 1. The number of nitrogens with zero attached hydrogens (tertiary/aromatic N) is 2. The van der Waals surface area contributed by atoms with Crippen LogP contribution in [0.15, 0.2) is 30.3 Å². The van der Waals surface area contributed by atoms with Crippen molar-refractivity contribution in [2.45, 2.75) is 130 Å². The van der Waals surface area contributed by atoms with Crippen molar-refractivity contribution in [3.8, 4) is 0 Å². The van der Waals surface area contributed by atoms with Crippen molar-refractivity contribution in [2.75, 3.05) is 27.2 Å². The van der Waals surface area contributed by atoms with E-state index in [1.807, 2.05) is 34.6 Å². The predicted octanol–water partition coefficient (Wildman–Crippen LogP) is 3.64. The quantitative estimate of drug-likeness (QED) is 0.174. The lowest BCUT2D eigenvalue weighted by molar-refractivity contribution is -0.143. The van der Waals surface area contributed by atoms with Crippen LogP contribution in [-0.2, 0) is 33.5 Å². The van der Waals surface area contributed by atoms with E-state index < -0.39 is 65.7 Å². The van der Waals surface area contributed by atoms with Gasteiger partial charge in [0.05, 0.1) is 12.6 Å². The van der Waals surface area contributed by atoms with Crippen molar-refractivity contribution in [1.82, 2.24) is 31.1 Å². The fraction of sp³-hybridized carbons (Fsp3) is 0.675. The number of ether oxygens (including phenoxy) is 1. The Morgan fingerprint density at radius 3 is 2.17 bits per heavy atom. The number of amides is 6. The molecule has 0 radical (unpaired) electrons. The molecule has 6 amide bonds. The van der Waals surface area contributed by atoms with E-state index in [0.717, 1.165) is 32.1 Å². The molecule has 1 heterocycles. The molecule has 14 heteroatoms. The van der Waals surface area contributed by atoms with Crippen LogP contribution < -0.4 is 21.3 Å². The fourth-order valence-electron chi connectivity index (χ4n) is 6.98. The summed E-state index contributed by atoms with van der Waals surface area (Å²) in [4.78, 5) is 96.7. The number of carbonyl (C=O) groups is 7. The Labute approximate surface area is 320 Å². The van der Waals surface area contributed by atoms with Crippen LogP contribution in [0.4, 0.5) is 4.79 Å². The summed E-state index contributed by atoms with van der Waals surface area (Å²) in [7, 11) is 3.13. The van der Waals surface area contributed by atoms with Crippen LogP contribution in [0, 0.1) is 17.3 Å². The zero-order valence-electron chi connectivity index (χ0n) is 33.4. The largest absolute Gasteiger partial charge is 0.446 e. The normalized spacial score (nSPS) is 19.1. The first-order chi connectivity index (χ1) is 25.4. The average Bonchev–Trinajstić information content (AvgIpc) is 3.48. The van der Waals surface area contributed by atoms with Gasteiger partial charge >= 0.3 is 6.09 Å². The molecular weight excluding hydrogens is 692 g/mol. The summed E-state index contributed by atoms with van der Waals surface area (Å²) >= 11 is 0. The third kappa shape index (κ3) is 12.5. The molecule has 0 bridgehead atoms. The number of carbonyl (C=O) groups excluding carboxylic acids is 7. The number of ketones is 1. The highest BCUT2D eigenvalue weighted by atomic mass is 16.6. The maximum atomic E-state index is 14.4. The Kier molecular flexibility index (Phi) is 16.5. The molecule has 2 aliphatic rings. The lowest BCUT2D eigenvalue weighted by atomic mass is 9.83. The summed E-state index contributed by atoms with van der Waals surface area (Å²) < 4.78 is 5.58. The van der Waals surface area contributed by atoms with Crippen LogP contribution in [0.25, 0.3) is 0 Å². The summed E-state index contributed by atoms with van der Waals surface area (Å²) in [6.07, 6.45) is 5.06. The first-order valence-corrected chi connectivity index (χ1v) is 19.4. The van der Waals surface area contributed by atoms with Crippen LogP contribution in [0.2, 0.25) is 0 Å². The Bertz CT molecular complexity index is 1480. The molecule has 1 aromatic rings. The van der Waals surface area contributed by atoms with Gasteiger partial charge in [-0.25, -0.2) is 4.79 Å². The summed E-state index contributed by atoms with van der Waals surface area (Å²) in [5.74, 6) is -4.01. The maximum absolute atomic E-state index is 14.4. The molecule has 1 aliphatic heterocycles. The minimum Gasteiger partial charge on any atom is -0.446 e. The molecule has 1 saturated heterocycles. The Hall–Kier alpha value is -4.49. The molecule has 1 unspecified atom stereocenters. The summed E-state index contributed by atoms with van der Waals surface area (Å²) in [5, 5.41) is 10.6. The van der Waals surface area contributed by atoms with Crippen LogP contribution in [0.1, 0.15) is 111 Å². The van der Waals surface area contributed by atoms with Crippen molar-refractivity contribution in [3.05, 3.63) is 35.9 Å². The molecule has 1 saturated carbocycles. The number of likely N-dealkylation sites (tertiary alicyclic amines) is 1. The Balaban J connectivity index is 1.74. The van der Waals surface area contributed by atoms with E-state index in [0.29, 0.717) is 24.8 Å². The number of hydrogen-bond donors (Lipinski definition) is 4. The van der Waals surface area contributed by atoms with Crippen molar-refractivity contribution in [3.63, 3.8) is 0 Å². The van der Waals surface area contributed by atoms with Gasteiger partial charge in [0.15, 0.2) is 0 Å². The first-order valence-electron chi connectivity index (χ1n) is 19.4. The number of hydrogen-bond acceptors (Lipinski definition) is 8. The van der Waals surface area contributed by atoms with Crippen molar-refractivity contribution in [1.29, 1.82) is 0 Å². The number of unbranched alkanes of at least 4 members (excludes halogenated alkanes) is 1. The van der Waals surface area contributed by atoms with Crippen LogP contribution in [0.5, 0.6) is 0 Å². The Morgan fingerprint density at radius 2 is 1.57 bits per heavy atom. The molecule has 2 fully saturated rings. The second-order valence-corrected chi connectivity index (χ2v) is 16.1. The summed E-state index contributed by atoms with van der Waals surface area (Å²) in [6.45, 7) is 11.2. The highest BCUT2D eigenvalue weighted by molar-refractivity contribution is 6.38. The van der Waals surface area contributed by atoms with E-state index in [1.165, 1.54) is 9.80 Å². The zero-order chi connectivity index (χ0) is 40.2. The third-order valence-corrected chi connectivity index (χ3v) is 10.4. The summed E-state index contributed by atoms with van der Waals surface area (Å²) in [6, 6.07) is 4.63. The van der Waals surface area contributed by atoms with Crippen LogP contribution in [-0.4, -0.2) is 103 Å². The fourth-order valence-corrected chi connectivity index (χ4v) is 6.98. The molecule has 4 N–H and O–H groups in total. The number of benzene rings is 1. The zero-order valence-corrected chi connectivity index (χ0v) is 33.4. The van der Waals surface area contributed by atoms with Gasteiger partial charge in [-0.2, -0.15) is 0 Å². The molecule has 300 valence electrons.